The van der Waals surface area contributed by atoms with Crippen LogP contribution in [0.5, 0.6) is 0 Å². The zero-order valence-corrected chi connectivity index (χ0v) is 49.7. The second kappa shape index (κ2) is 15.8. The Morgan fingerprint density at radius 2 is 0.898 bits per heavy atom. The molecule has 3 aromatic carbocycles. The summed E-state index contributed by atoms with van der Waals surface area (Å²) < 4.78 is 0.265. The first-order valence-electron chi connectivity index (χ1n) is 22.2. The second-order valence-electron chi connectivity index (χ2n) is 25.7. The molecule has 2 bridgehead atoms. The summed E-state index contributed by atoms with van der Waals surface area (Å²) in [5, 5.41) is 24.5. The van der Waals surface area contributed by atoms with Crippen LogP contribution in [0.2, 0.25) is 137 Å². The van der Waals surface area contributed by atoms with E-state index in [0.717, 1.165) is 0 Å². The van der Waals surface area contributed by atoms with Gasteiger partial charge in [0, 0.05) is 67.7 Å². The lowest BCUT2D eigenvalue weighted by Crippen LogP contribution is -2.74. The monoisotopic (exact) mass is 940 g/mol. The van der Waals surface area contributed by atoms with Crippen LogP contribution in [0.4, 0.5) is 0 Å². The average molecular weight is 942 g/mol. The minimum absolute atomic E-state index is 0.0691. The SMILES string of the molecule is C[Si](C)(C)C(c1cc(C([Si](C)(C)C)([Si](C)(C)C)[Si](C)(C)C)cc(C([Si](C)(C)C)[Si](C)(C)C)c1P=PC12c3ccccc3C(c3ccccc31)[C@H](C#N)[C@H]2C#N)[Si](C)(C)C. The van der Waals surface area contributed by atoms with Crippen LogP contribution in [0.25, 0.3) is 0 Å². The molecule has 6 rings (SSSR count). The van der Waals surface area contributed by atoms with Crippen LogP contribution in [-0.2, 0) is 9.44 Å². The van der Waals surface area contributed by atoms with Crippen molar-refractivity contribution in [2.75, 3.05) is 0 Å². The summed E-state index contributed by atoms with van der Waals surface area (Å²) in [5.41, 5.74) is 10.2. The van der Waals surface area contributed by atoms with Gasteiger partial charge in [-0.2, -0.15) is 10.5 Å². The average Bonchev–Trinajstić information content (AvgIpc) is 3.03. The molecule has 0 unspecified atom stereocenters. The molecule has 59 heavy (non-hydrogen) atoms. The first-order valence-corrected chi connectivity index (χ1v) is 49.5. The molecule has 2 atom stereocenters. The minimum atomic E-state index is -1.83. The summed E-state index contributed by atoms with van der Waals surface area (Å²) in [6, 6.07) is 29.2. The van der Waals surface area contributed by atoms with E-state index in [4.69, 9.17) is 0 Å². The molecule has 2 nitrogen and oxygen atoms in total. The van der Waals surface area contributed by atoms with Crippen LogP contribution in [0.3, 0.4) is 0 Å². The Morgan fingerprint density at radius 3 is 1.20 bits per heavy atom. The van der Waals surface area contributed by atoms with Crippen molar-refractivity contribution in [3.8, 4) is 12.1 Å². The van der Waals surface area contributed by atoms with Crippen LogP contribution < -0.4 is 5.30 Å². The minimum Gasteiger partial charge on any atom is -0.198 e. The molecule has 0 radical (unpaired) electrons. The standard InChI is InChI=1S/C48H78N2P2Si7/c1-53(2,3)45(54(4,5)6)37-30-34(48(57(13,14)15,58(16,17)18)59(19,20)21)31-38(46(55(7,8)9)56(10,11)12)44(37)51-52-47-40-28-24-22-26-35(40)43(39(32-49)42(47)33-50)36-27-23-25-29-41(36)47/h22-31,39,42-43,45-46H,1-21H3/t39-,42-,43?,47?/m1/s1. The van der Waals surface area contributed by atoms with E-state index in [1.54, 1.807) is 22.0 Å². The summed E-state index contributed by atoms with van der Waals surface area (Å²) in [5.74, 6) is -0.871. The van der Waals surface area contributed by atoms with Gasteiger partial charge in [0.25, 0.3) is 0 Å². The third-order valence-corrected chi connectivity index (χ3v) is 57.7. The fourth-order valence-electron chi connectivity index (χ4n) is 14.9. The Balaban J connectivity index is 2.12. The second-order valence-corrected chi connectivity index (χ2v) is 68.1. The van der Waals surface area contributed by atoms with Gasteiger partial charge < -0.3 is 0 Å². The van der Waals surface area contributed by atoms with Gasteiger partial charge in [-0.25, -0.2) is 0 Å². The molecule has 0 saturated heterocycles. The molecule has 3 aliphatic rings. The number of hydrogen-bond acceptors (Lipinski definition) is 2. The number of hydrogen-bond donors (Lipinski definition) is 0. The lowest BCUT2D eigenvalue weighted by molar-refractivity contribution is 0.324. The molecular formula is C48H78N2P2Si7. The third-order valence-electron chi connectivity index (χ3n) is 14.2. The summed E-state index contributed by atoms with van der Waals surface area (Å²) in [4.78, 5) is 0. The molecule has 0 amide bonds. The van der Waals surface area contributed by atoms with Crippen molar-refractivity contribution in [2.45, 2.75) is 163 Å². The quantitative estimate of drug-likeness (QED) is 0.134. The number of fused-ring (bicyclic) bond motifs is 1. The Morgan fingerprint density at radius 1 is 0.542 bits per heavy atom. The van der Waals surface area contributed by atoms with Crippen molar-refractivity contribution in [3.63, 3.8) is 0 Å². The Kier molecular flexibility index (Phi) is 13.0. The molecule has 0 spiro atoms. The Hall–Kier alpha value is -1.24. The highest BCUT2D eigenvalue weighted by molar-refractivity contribution is 7.88. The summed E-state index contributed by atoms with van der Waals surface area (Å²) in [6.45, 7) is 56.4. The van der Waals surface area contributed by atoms with Crippen LogP contribution in [-0.4, -0.2) is 56.5 Å². The van der Waals surface area contributed by atoms with E-state index in [2.05, 4.69) is 210 Å². The smallest absolute Gasteiger partial charge is 0.0848 e. The molecule has 11 heteroatoms. The molecule has 0 heterocycles. The van der Waals surface area contributed by atoms with E-state index in [9.17, 15) is 10.5 Å². The molecule has 3 aromatic rings. The van der Waals surface area contributed by atoms with E-state index in [-0.39, 0.29) is 16.1 Å². The van der Waals surface area contributed by atoms with Crippen LogP contribution in [0.1, 0.15) is 55.2 Å². The summed E-state index contributed by atoms with van der Waals surface area (Å²) in [6.07, 6.45) is 0. The molecule has 0 aliphatic heterocycles. The van der Waals surface area contributed by atoms with Gasteiger partial charge in [0.1, 0.15) is 0 Å². The normalized spacial score (nSPS) is 21.7. The van der Waals surface area contributed by atoms with Crippen molar-refractivity contribution in [2.24, 2.45) is 11.8 Å². The molecule has 0 N–H and O–H groups in total. The number of benzene rings is 3. The topological polar surface area (TPSA) is 47.6 Å². The van der Waals surface area contributed by atoms with Crippen molar-refractivity contribution in [3.05, 3.63) is 99.6 Å². The van der Waals surface area contributed by atoms with Gasteiger partial charge >= 0.3 is 0 Å². The highest BCUT2D eigenvalue weighted by Gasteiger charge is 2.62. The molecule has 0 fully saturated rings. The predicted molar refractivity (Wildman–Crippen MR) is 284 cm³/mol. The third kappa shape index (κ3) is 8.01. The van der Waals surface area contributed by atoms with E-state index in [1.807, 2.05) is 0 Å². The number of nitriles is 2. The van der Waals surface area contributed by atoms with Crippen LogP contribution in [0, 0.1) is 34.5 Å². The Bertz CT molecular complexity index is 2040. The molecule has 3 aliphatic carbocycles. The van der Waals surface area contributed by atoms with Crippen molar-refractivity contribution in [1.82, 2.24) is 0 Å². The van der Waals surface area contributed by atoms with E-state index >= 15 is 0 Å². The van der Waals surface area contributed by atoms with Crippen molar-refractivity contribution >= 4 is 77.6 Å². The fraction of sp³-hybridized carbons (Fsp3) is 0.583. The van der Waals surface area contributed by atoms with Gasteiger partial charge in [0.15, 0.2) is 0 Å². The van der Waals surface area contributed by atoms with E-state index in [1.165, 1.54) is 38.0 Å². The van der Waals surface area contributed by atoms with E-state index < -0.39 is 67.6 Å². The molecule has 0 aromatic heterocycles. The maximum absolute atomic E-state index is 11.3. The molecular weight excluding hydrogens is 863 g/mol. The zero-order chi connectivity index (χ0) is 44.9. The maximum Gasteiger partial charge on any atom is 0.0848 e. The number of rotatable bonds is 12. The predicted octanol–water partition coefficient (Wildman–Crippen LogP) is 15.3. The largest absolute Gasteiger partial charge is 0.198 e. The van der Waals surface area contributed by atoms with E-state index in [0.29, 0.717) is 10.3 Å². The molecule has 318 valence electrons. The van der Waals surface area contributed by atoms with Gasteiger partial charge in [-0.15, -0.1) is 0 Å². The lowest BCUT2D eigenvalue weighted by Gasteiger charge is -2.60. The van der Waals surface area contributed by atoms with Gasteiger partial charge in [-0.1, -0.05) is 206 Å². The first kappa shape index (κ1) is 48.8. The number of nitrogens with zero attached hydrogens (tertiary/aromatic N) is 2. The summed E-state index contributed by atoms with van der Waals surface area (Å²) >= 11 is 0. The summed E-state index contributed by atoms with van der Waals surface area (Å²) in [7, 11) is -10.1. The zero-order valence-electron chi connectivity index (χ0n) is 40.9. The van der Waals surface area contributed by atoms with Gasteiger partial charge in [0.2, 0.25) is 0 Å². The maximum atomic E-state index is 11.3. The highest BCUT2D eigenvalue weighted by atomic mass is 31.7. The molecule has 0 saturated carbocycles. The lowest BCUT2D eigenvalue weighted by atomic mass is 9.54. The van der Waals surface area contributed by atoms with Crippen LogP contribution in [0.15, 0.2) is 60.7 Å². The van der Waals surface area contributed by atoms with Gasteiger partial charge in [-0.3, -0.25) is 0 Å². The van der Waals surface area contributed by atoms with Gasteiger partial charge in [0.05, 0.1) is 29.1 Å². The van der Waals surface area contributed by atoms with Crippen LogP contribution >= 0.6 is 15.7 Å². The first-order chi connectivity index (χ1) is 26.7. The van der Waals surface area contributed by atoms with Crippen molar-refractivity contribution in [1.29, 1.82) is 10.5 Å². The van der Waals surface area contributed by atoms with Gasteiger partial charge in [-0.05, 0) is 61.4 Å². The fourth-order valence-corrected chi connectivity index (χ4v) is 75.2. The highest BCUT2D eigenvalue weighted by Crippen LogP contribution is 2.67. The Labute approximate surface area is 372 Å². The van der Waals surface area contributed by atoms with Crippen molar-refractivity contribution < 1.29 is 0 Å².